The SMILES string of the molecule is Cc1cc(Cl)c2cc(F)cc(CCC(N)=O)c2n1. The van der Waals surface area contributed by atoms with E-state index >= 15 is 0 Å². The van der Waals surface area contributed by atoms with E-state index < -0.39 is 11.7 Å². The molecule has 1 heterocycles. The Morgan fingerprint density at radius 3 is 2.83 bits per heavy atom. The predicted octanol–water partition coefficient (Wildman–Crippen LogP) is 2.75. The highest BCUT2D eigenvalue weighted by molar-refractivity contribution is 6.35. The van der Waals surface area contributed by atoms with Crippen LogP contribution in [0.1, 0.15) is 17.7 Å². The smallest absolute Gasteiger partial charge is 0.217 e. The lowest BCUT2D eigenvalue weighted by Crippen LogP contribution is -2.11. The van der Waals surface area contributed by atoms with Crippen molar-refractivity contribution in [2.75, 3.05) is 0 Å². The minimum Gasteiger partial charge on any atom is -0.370 e. The monoisotopic (exact) mass is 266 g/mol. The van der Waals surface area contributed by atoms with E-state index in [1.807, 2.05) is 6.92 Å². The summed E-state index contributed by atoms with van der Waals surface area (Å²) < 4.78 is 13.5. The molecule has 0 aliphatic rings. The van der Waals surface area contributed by atoms with Gasteiger partial charge in [-0.15, -0.1) is 0 Å². The van der Waals surface area contributed by atoms with Crippen molar-refractivity contribution in [2.45, 2.75) is 19.8 Å². The molecular weight excluding hydrogens is 255 g/mol. The molecule has 0 unspecified atom stereocenters. The van der Waals surface area contributed by atoms with Gasteiger partial charge in [-0.25, -0.2) is 4.39 Å². The highest BCUT2D eigenvalue weighted by Gasteiger charge is 2.10. The zero-order valence-electron chi connectivity index (χ0n) is 9.84. The van der Waals surface area contributed by atoms with Crippen molar-refractivity contribution in [2.24, 2.45) is 5.73 Å². The molecule has 18 heavy (non-hydrogen) atoms. The van der Waals surface area contributed by atoms with Crippen LogP contribution in [0.2, 0.25) is 5.02 Å². The number of primary amides is 1. The quantitative estimate of drug-likeness (QED) is 0.929. The van der Waals surface area contributed by atoms with Crippen LogP contribution in [0.4, 0.5) is 4.39 Å². The largest absolute Gasteiger partial charge is 0.370 e. The summed E-state index contributed by atoms with van der Waals surface area (Å²) in [5, 5.41) is 1.01. The van der Waals surface area contributed by atoms with E-state index in [1.165, 1.54) is 12.1 Å². The molecule has 1 aromatic heterocycles. The Morgan fingerprint density at radius 1 is 1.44 bits per heavy atom. The lowest BCUT2D eigenvalue weighted by molar-refractivity contribution is -0.117. The number of carbonyl (C=O) groups is 1. The maximum atomic E-state index is 13.5. The molecule has 1 amide bonds. The van der Waals surface area contributed by atoms with Crippen molar-refractivity contribution in [1.82, 2.24) is 4.98 Å². The zero-order valence-corrected chi connectivity index (χ0v) is 10.6. The Labute approximate surface area is 109 Å². The van der Waals surface area contributed by atoms with Gasteiger partial charge in [0.25, 0.3) is 0 Å². The number of aromatic nitrogens is 1. The molecule has 0 bridgehead atoms. The first-order chi connectivity index (χ1) is 8.47. The molecule has 94 valence electrons. The van der Waals surface area contributed by atoms with Crippen LogP contribution in [0.3, 0.4) is 0 Å². The summed E-state index contributed by atoms with van der Waals surface area (Å²) in [4.78, 5) is 15.2. The Bertz CT molecular complexity index is 628. The van der Waals surface area contributed by atoms with E-state index in [-0.39, 0.29) is 6.42 Å². The normalized spacial score (nSPS) is 10.8. The fraction of sp³-hybridized carbons (Fsp3) is 0.231. The number of nitrogens with two attached hydrogens (primary N) is 1. The van der Waals surface area contributed by atoms with Crippen molar-refractivity contribution >= 4 is 28.4 Å². The van der Waals surface area contributed by atoms with Crippen molar-refractivity contribution in [1.29, 1.82) is 0 Å². The molecular formula is C13H12ClFN2O. The van der Waals surface area contributed by atoms with E-state index in [9.17, 15) is 9.18 Å². The number of benzene rings is 1. The van der Waals surface area contributed by atoms with E-state index in [2.05, 4.69) is 4.98 Å². The molecule has 3 nitrogen and oxygen atoms in total. The van der Waals surface area contributed by atoms with Crippen LogP contribution in [0.5, 0.6) is 0 Å². The summed E-state index contributed by atoms with van der Waals surface area (Å²) >= 11 is 6.07. The van der Waals surface area contributed by atoms with Crippen molar-refractivity contribution in [3.63, 3.8) is 0 Å². The number of nitrogens with zero attached hydrogens (tertiary/aromatic N) is 1. The van der Waals surface area contributed by atoms with Gasteiger partial charge in [0, 0.05) is 17.5 Å². The molecule has 5 heteroatoms. The maximum absolute atomic E-state index is 13.5. The van der Waals surface area contributed by atoms with E-state index in [0.29, 0.717) is 27.9 Å². The number of pyridine rings is 1. The number of hydrogen-bond donors (Lipinski definition) is 1. The van der Waals surface area contributed by atoms with E-state index in [1.54, 1.807) is 6.07 Å². The number of rotatable bonds is 3. The summed E-state index contributed by atoms with van der Waals surface area (Å²) in [5.41, 5.74) is 7.13. The van der Waals surface area contributed by atoms with Crippen LogP contribution < -0.4 is 5.73 Å². The first kappa shape index (κ1) is 12.8. The highest BCUT2D eigenvalue weighted by atomic mass is 35.5. The molecule has 2 N–H and O–H groups in total. The number of aryl methyl sites for hydroxylation is 2. The van der Waals surface area contributed by atoms with Crippen LogP contribution in [0.25, 0.3) is 10.9 Å². The summed E-state index contributed by atoms with van der Waals surface area (Å²) in [6.45, 7) is 1.81. The van der Waals surface area contributed by atoms with Gasteiger partial charge in [-0.2, -0.15) is 0 Å². The minimum atomic E-state index is -0.425. The van der Waals surface area contributed by atoms with Gasteiger partial charge in [0.1, 0.15) is 5.82 Å². The fourth-order valence-corrected chi connectivity index (χ4v) is 2.19. The Morgan fingerprint density at radius 2 is 2.17 bits per heavy atom. The summed E-state index contributed by atoms with van der Waals surface area (Å²) in [6, 6.07) is 4.40. The highest BCUT2D eigenvalue weighted by Crippen LogP contribution is 2.27. The third kappa shape index (κ3) is 2.59. The Kier molecular flexibility index (Phi) is 3.48. The predicted molar refractivity (Wildman–Crippen MR) is 69.0 cm³/mol. The standard InChI is InChI=1S/C13H12ClFN2O/c1-7-4-11(14)10-6-9(15)5-8(13(10)17-7)2-3-12(16)18/h4-6H,2-3H2,1H3,(H2,16,18). The average molecular weight is 267 g/mol. The summed E-state index contributed by atoms with van der Waals surface area (Å²) in [5.74, 6) is -0.819. The van der Waals surface area contributed by atoms with Gasteiger partial charge in [-0.3, -0.25) is 9.78 Å². The van der Waals surface area contributed by atoms with Crippen LogP contribution in [-0.4, -0.2) is 10.9 Å². The van der Waals surface area contributed by atoms with Gasteiger partial charge in [0.05, 0.1) is 10.5 Å². The molecule has 0 saturated heterocycles. The topological polar surface area (TPSA) is 56.0 Å². The molecule has 0 spiro atoms. The third-order valence-corrected chi connectivity index (χ3v) is 2.99. The zero-order chi connectivity index (χ0) is 13.3. The number of fused-ring (bicyclic) bond motifs is 1. The molecule has 0 saturated carbocycles. The second kappa shape index (κ2) is 4.90. The van der Waals surface area contributed by atoms with Crippen LogP contribution in [0, 0.1) is 12.7 Å². The minimum absolute atomic E-state index is 0.159. The van der Waals surface area contributed by atoms with E-state index in [4.69, 9.17) is 17.3 Å². The molecule has 0 fully saturated rings. The van der Waals surface area contributed by atoms with Gasteiger partial charge < -0.3 is 5.73 Å². The maximum Gasteiger partial charge on any atom is 0.217 e. The van der Waals surface area contributed by atoms with E-state index in [0.717, 1.165) is 5.69 Å². The van der Waals surface area contributed by atoms with Gasteiger partial charge in [-0.1, -0.05) is 11.6 Å². The van der Waals surface area contributed by atoms with Gasteiger partial charge >= 0.3 is 0 Å². The molecule has 0 aliphatic carbocycles. The average Bonchev–Trinajstić information content (AvgIpc) is 2.27. The Hall–Kier alpha value is -1.68. The molecule has 2 rings (SSSR count). The number of hydrogen-bond acceptors (Lipinski definition) is 2. The fourth-order valence-electron chi connectivity index (χ4n) is 1.89. The van der Waals surface area contributed by atoms with Gasteiger partial charge in [0.15, 0.2) is 0 Å². The molecule has 0 radical (unpaired) electrons. The first-order valence-corrected chi connectivity index (χ1v) is 5.89. The van der Waals surface area contributed by atoms with Crippen molar-refractivity contribution in [3.8, 4) is 0 Å². The first-order valence-electron chi connectivity index (χ1n) is 5.51. The number of amides is 1. The lowest BCUT2D eigenvalue weighted by atomic mass is 10.0. The van der Waals surface area contributed by atoms with Crippen LogP contribution >= 0.6 is 11.6 Å². The second-order valence-corrected chi connectivity index (χ2v) is 4.58. The van der Waals surface area contributed by atoms with Crippen molar-refractivity contribution in [3.05, 3.63) is 40.3 Å². The van der Waals surface area contributed by atoms with Crippen LogP contribution in [-0.2, 0) is 11.2 Å². The van der Waals surface area contributed by atoms with Crippen molar-refractivity contribution < 1.29 is 9.18 Å². The number of carbonyl (C=O) groups excluding carboxylic acids is 1. The molecule has 0 aliphatic heterocycles. The molecule has 2 aromatic rings. The number of halogens is 2. The molecule has 1 aromatic carbocycles. The summed E-state index contributed by atoms with van der Waals surface area (Å²) in [7, 11) is 0. The summed E-state index contributed by atoms with van der Waals surface area (Å²) in [6.07, 6.45) is 0.516. The second-order valence-electron chi connectivity index (χ2n) is 4.17. The van der Waals surface area contributed by atoms with Crippen LogP contribution in [0.15, 0.2) is 18.2 Å². The third-order valence-electron chi connectivity index (χ3n) is 2.68. The Balaban J connectivity index is 2.60. The van der Waals surface area contributed by atoms with Gasteiger partial charge in [0.2, 0.25) is 5.91 Å². The molecule has 0 atom stereocenters. The lowest BCUT2D eigenvalue weighted by Gasteiger charge is -2.08. The van der Waals surface area contributed by atoms with Gasteiger partial charge in [-0.05, 0) is 37.1 Å².